The molecule has 12 aromatic carbocycles. The van der Waals surface area contributed by atoms with Crippen LogP contribution in [0.3, 0.4) is 0 Å². The summed E-state index contributed by atoms with van der Waals surface area (Å²) in [6, 6.07) is 65.2. The first-order chi connectivity index (χ1) is 62.6. The fourth-order valence-corrected chi connectivity index (χ4v) is 13.9. The average molecular weight is 2110 g/mol. The summed E-state index contributed by atoms with van der Waals surface area (Å²) in [7, 11) is 7.44. The molecule has 0 radical (unpaired) electrons. The second-order valence-corrected chi connectivity index (χ2v) is 32.1. The summed E-state index contributed by atoms with van der Waals surface area (Å²) in [5.74, 6) is 4.59. The molecule has 0 bridgehead atoms. The topological polar surface area (TPSA) is 269 Å². The Labute approximate surface area is 814 Å². The van der Waals surface area contributed by atoms with E-state index in [0.717, 1.165) is 63.7 Å². The van der Waals surface area contributed by atoms with Crippen LogP contribution in [0.5, 0.6) is 69.0 Å². The maximum atomic E-state index is 13.9. The molecule has 0 unspecified atom stereocenters. The number of benzene rings is 12. The summed E-state index contributed by atoms with van der Waals surface area (Å²) in [5, 5.41) is 3.51. The third-order valence-electron chi connectivity index (χ3n) is 17.6. The largest absolute Gasteiger partial charge is 0.513 e. The Morgan fingerprint density at radius 1 is 0.267 bits per heavy atom. The van der Waals surface area contributed by atoms with Gasteiger partial charge in [-0.05, 0) is 243 Å². The van der Waals surface area contributed by atoms with Gasteiger partial charge in [0, 0.05) is 30.3 Å². The Balaban J connectivity index is 0.000000215. The minimum Gasteiger partial charge on any atom is -0.487 e. The summed E-state index contributed by atoms with van der Waals surface area (Å²) < 4.78 is 107. The Bertz CT molecular complexity index is 5220. The molecule has 34 heteroatoms. The van der Waals surface area contributed by atoms with Crippen LogP contribution in [0.2, 0.25) is 35.2 Å². The molecule has 0 amide bonds. The number of para-hydroxylation sites is 1. The van der Waals surface area contributed by atoms with E-state index in [2.05, 4.69) is 66.9 Å². The van der Waals surface area contributed by atoms with Crippen LogP contribution in [-0.4, -0.2) is 79.6 Å². The molecule has 690 valence electrons. The second kappa shape index (κ2) is 54.8. The molecule has 0 saturated heterocycles. The quantitative estimate of drug-likeness (QED) is 0.0235. The molecule has 24 nitrogen and oxygen atoms in total. The van der Waals surface area contributed by atoms with Crippen LogP contribution in [0, 0.1) is 57.9 Å². The second-order valence-electron chi connectivity index (χ2n) is 27.2. The molecule has 12 aromatic rings. The third kappa shape index (κ3) is 35.1. The lowest BCUT2D eigenvalue weighted by atomic mass is 10.1. The van der Waals surface area contributed by atoms with Crippen molar-refractivity contribution < 1.29 is 118 Å². The number of hydrogen-bond acceptors (Lipinski definition) is 24. The SMILES string of the molecule is COC(=O)Oc1cccc(Br)c1COc1ccc(C)cc1Cl.COC(=O)Oc1cccc(C)c1COc1ccc(C)cc1Cl.COC(=O)Oc1cccc(Cl)c1COc1ccc(C)cc1Cl.COC(=O)Oc1cccc(F)c1COc1ccc(C)cc1Cl.COC(=O)Oc1cccc(I)c1COc1ccc(C)cc1Cl.COC(=O)Oc1ccccc1COc1ccc(C)cc1Cl. The summed E-state index contributed by atoms with van der Waals surface area (Å²) in [4.78, 5) is 67.5. The fourth-order valence-electron chi connectivity index (χ4n) is 10.8. The van der Waals surface area contributed by atoms with Gasteiger partial charge in [-0.2, -0.15) is 0 Å². The van der Waals surface area contributed by atoms with E-state index in [0.29, 0.717) is 104 Å². The van der Waals surface area contributed by atoms with Gasteiger partial charge in [-0.25, -0.2) is 33.2 Å². The summed E-state index contributed by atoms with van der Waals surface area (Å²) in [6.07, 6.45) is -4.84. The lowest BCUT2D eigenvalue weighted by molar-refractivity contribution is 0.119. The lowest BCUT2D eigenvalue weighted by Gasteiger charge is -2.14. The van der Waals surface area contributed by atoms with Crippen LogP contribution in [0.15, 0.2) is 229 Å². The molecular weight excluding hydrogens is 2020 g/mol. The highest BCUT2D eigenvalue weighted by atomic mass is 127. The predicted octanol–water partition coefficient (Wildman–Crippen LogP) is 28.7. The zero-order valence-electron chi connectivity index (χ0n) is 72.7. The summed E-state index contributed by atoms with van der Waals surface area (Å²) in [5.41, 5.74) is 10.8. The van der Waals surface area contributed by atoms with E-state index in [4.69, 9.17) is 138 Å². The molecule has 0 heterocycles. The van der Waals surface area contributed by atoms with Gasteiger partial charge in [-0.15, -0.1) is 0 Å². The van der Waals surface area contributed by atoms with Crippen molar-refractivity contribution in [3.05, 3.63) is 346 Å². The van der Waals surface area contributed by atoms with E-state index in [1.54, 1.807) is 109 Å². The molecule has 0 aliphatic carbocycles. The van der Waals surface area contributed by atoms with Gasteiger partial charge in [-0.3, -0.25) is 0 Å². The van der Waals surface area contributed by atoms with Gasteiger partial charge in [0.15, 0.2) is 0 Å². The molecular formula is C97H88BrCl7FIO24. The number of halogens is 10. The van der Waals surface area contributed by atoms with Crippen LogP contribution >= 0.6 is 120 Å². The molecule has 0 spiro atoms. The third-order valence-corrected chi connectivity index (χ3v) is 21.5. The van der Waals surface area contributed by atoms with E-state index < -0.39 is 42.7 Å². The maximum absolute atomic E-state index is 13.9. The van der Waals surface area contributed by atoms with E-state index in [1.165, 1.54) is 60.9 Å². The summed E-state index contributed by atoms with van der Waals surface area (Å²) >= 11 is 48.4. The standard InChI is InChI=1S/C17H17ClO4.C16H14BrClO4.C16H14Cl2O4.C16H14ClFO4.C16H14ClIO4.C16H15ClO4/c1-11-7-8-16(14(18)9-11)21-10-13-12(2)5-4-6-15(13)22-17(19)20-3;2*1-10-6-7-15(13(18)8-10)21-9-11-12(17)4-3-5-14(11)22-16(19)20-2;2*1-10-6-7-15(12(17)8-10)21-9-11-13(18)4-3-5-14(11)22-16(19)20-2;1-11-7-8-15(13(17)9-11)20-10-12-5-3-4-6-14(12)21-16(18)19-2/h4-9H,10H2,1-3H3;4*3-8H,9H2,1-2H3;3-9H,10H2,1-2H3. The summed E-state index contributed by atoms with van der Waals surface area (Å²) in [6.45, 7) is 14.4. The number of methoxy groups -OCH3 is 6. The van der Waals surface area contributed by atoms with Crippen molar-refractivity contribution >= 4 is 157 Å². The highest BCUT2D eigenvalue weighted by molar-refractivity contribution is 14.1. The van der Waals surface area contributed by atoms with Gasteiger partial charge in [0.2, 0.25) is 0 Å². The van der Waals surface area contributed by atoms with Gasteiger partial charge in [0.1, 0.15) is 114 Å². The molecule has 0 aliphatic rings. The van der Waals surface area contributed by atoms with Crippen LogP contribution in [-0.2, 0) is 68.1 Å². The Hall–Kier alpha value is -11.8. The van der Waals surface area contributed by atoms with E-state index in [-0.39, 0.29) is 56.7 Å². The minimum absolute atomic E-state index is 0.0371. The molecule has 0 aliphatic heterocycles. The maximum Gasteiger partial charge on any atom is 0.513 e. The van der Waals surface area contributed by atoms with Crippen LogP contribution in [0.1, 0.15) is 72.3 Å². The number of carbonyl (C=O) groups is 6. The lowest BCUT2D eigenvalue weighted by Crippen LogP contribution is -2.11. The smallest absolute Gasteiger partial charge is 0.487 e. The number of rotatable bonds is 24. The van der Waals surface area contributed by atoms with Crippen molar-refractivity contribution in [1.82, 2.24) is 0 Å². The fraction of sp³-hybridized carbons (Fsp3) is 0.196. The van der Waals surface area contributed by atoms with Crippen LogP contribution < -0.4 is 56.8 Å². The molecule has 0 aromatic heterocycles. The Morgan fingerprint density at radius 3 is 0.893 bits per heavy atom. The molecule has 0 saturated carbocycles. The molecule has 0 N–H and O–H groups in total. The average Bonchev–Trinajstić information content (AvgIpc) is 0.849. The zero-order valence-corrected chi connectivity index (χ0v) is 81.7. The molecule has 0 fully saturated rings. The minimum atomic E-state index is -0.930. The van der Waals surface area contributed by atoms with Gasteiger partial charge in [-0.1, -0.05) is 188 Å². The number of ether oxygens (including phenoxy) is 18. The first-order valence-electron chi connectivity index (χ1n) is 38.8. The highest BCUT2D eigenvalue weighted by Crippen LogP contribution is 2.38. The van der Waals surface area contributed by atoms with Crippen molar-refractivity contribution in [2.24, 2.45) is 0 Å². The van der Waals surface area contributed by atoms with E-state index in [1.807, 2.05) is 146 Å². The molecule has 0 atom stereocenters. The van der Waals surface area contributed by atoms with Crippen molar-refractivity contribution in [3.63, 3.8) is 0 Å². The first kappa shape index (κ1) is 106. The van der Waals surface area contributed by atoms with E-state index in [9.17, 15) is 33.2 Å². The molecule has 12 rings (SSSR count). The molecule has 131 heavy (non-hydrogen) atoms. The predicted molar refractivity (Wildman–Crippen MR) is 510 cm³/mol. The number of carbonyl (C=O) groups excluding carboxylic acids is 6. The Kier molecular flexibility index (Phi) is 44.4. The van der Waals surface area contributed by atoms with Crippen molar-refractivity contribution in [3.8, 4) is 69.0 Å². The van der Waals surface area contributed by atoms with Crippen LogP contribution in [0.4, 0.5) is 33.2 Å². The van der Waals surface area contributed by atoms with Crippen molar-refractivity contribution in [2.45, 2.75) is 88.1 Å². The van der Waals surface area contributed by atoms with Crippen LogP contribution in [0.25, 0.3) is 0 Å². The Morgan fingerprint density at radius 2 is 0.527 bits per heavy atom. The van der Waals surface area contributed by atoms with Crippen molar-refractivity contribution in [2.75, 3.05) is 42.7 Å². The highest BCUT2D eigenvalue weighted by Gasteiger charge is 2.22. The monoisotopic (exact) mass is 2110 g/mol. The van der Waals surface area contributed by atoms with E-state index >= 15 is 0 Å². The normalized spacial score (nSPS) is 10.2. The first-order valence-corrected chi connectivity index (χ1v) is 43.3. The van der Waals surface area contributed by atoms with Crippen molar-refractivity contribution in [1.29, 1.82) is 0 Å². The van der Waals surface area contributed by atoms with Gasteiger partial charge in [0.05, 0.1) is 88.9 Å². The van der Waals surface area contributed by atoms with Gasteiger partial charge >= 0.3 is 36.9 Å². The van der Waals surface area contributed by atoms with Gasteiger partial charge in [0.25, 0.3) is 0 Å². The zero-order chi connectivity index (χ0) is 95.8. The van der Waals surface area contributed by atoms with Gasteiger partial charge < -0.3 is 85.3 Å². The number of hydrogen-bond donors (Lipinski definition) is 0. The number of aryl methyl sites for hydroxylation is 7.